The zero-order valence-corrected chi connectivity index (χ0v) is 28.7. The predicted octanol–water partition coefficient (Wildman–Crippen LogP) is 7.93. The summed E-state index contributed by atoms with van der Waals surface area (Å²) in [4.78, 5) is 38.5. The molecule has 1 aromatic carbocycles. The normalized spacial score (nSPS) is 16.1. The van der Waals surface area contributed by atoms with Crippen molar-refractivity contribution in [2.24, 2.45) is 0 Å². The highest BCUT2D eigenvalue weighted by Gasteiger charge is 2.37. The molecule has 1 saturated heterocycles. The highest BCUT2D eigenvalue weighted by Crippen LogP contribution is 2.37. The minimum absolute atomic E-state index is 0.0979. The summed E-state index contributed by atoms with van der Waals surface area (Å²) in [5.74, 6) is 0.768. The van der Waals surface area contributed by atoms with Crippen molar-refractivity contribution in [1.82, 2.24) is 19.4 Å². The second kappa shape index (κ2) is 12.1. The van der Waals surface area contributed by atoms with Gasteiger partial charge >= 0.3 is 6.09 Å². The molecule has 1 atom stereocenters. The molecule has 0 radical (unpaired) electrons. The number of benzene rings is 1. The van der Waals surface area contributed by atoms with Crippen LogP contribution >= 0.6 is 11.3 Å². The van der Waals surface area contributed by atoms with Gasteiger partial charge in [0.25, 0.3) is 5.91 Å². The van der Waals surface area contributed by atoms with E-state index in [0.717, 1.165) is 34.3 Å². The number of imidazole rings is 1. The van der Waals surface area contributed by atoms with Crippen LogP contribution in [0.3, 0.4) is 0 Å². The Balaban J connectivity index is 1.44. The fraction of sp³-hybridized carbons (Fsp3) is 0.500. The molecule has 3 aromatic heterocycles. The number of nitrogens with one attached hydrogen (secondary N) is 1. The maximum absolute atomic E-state index is 13.5. The Morgan fingerprint density at radius 2 is 1.91 bits per heavy atom. The van der Waals surface area contributed by atoms with Gasteiger partial charge in [0.2, 0.25) is 5.95 Å². The van der Waals surface area contributed by atoms with E-state index in [-0.39, 0.29) is 23.1 Å². The number of rotatable bonds is 8. The first-order chi connectivity index (χ1) is 20.6. The van der Waals surface area contributed by atoms with Crippen LogP contribution in [0.1, 0.15) is 69.6 Å². The zero-order chi connectivity index (χ0) is 31.9. The molecule has 44 heavy (non-hydrogen) atoms. The molecule has 1 N–H and O–H groups in total. The summed E-state index contributed by atoms with van der Waals surface area (Å²) in [6.45, 7) is 18.4. The Morgan fingerprint density at radius 3 is 2.59 bits per heavy atom. The van der Waals surface area contributed by atoms with Crippen LogP contribution in [0.4, 0.5) is 10.7 Å². The summed E-state index contributed by atoms with van der Waals surface area (Å²) in [6.07, 6.45) is 4.38. The molecule has 10 nitrogen and oxygen atoms in total. The number of aromatic nitrogens is 3. The lowest BCUT2D eigenvalue weighted by Crippen LogP contribution is -2.41. The molecule has 12 heteroatoms. The van der Waals surface area contributed by atoms with E-state index in [0.29, 0.717) is 36.3 Å². The maximum atomic E-state index is 13.5. The van der Waals surface area contributed by atoms with Crippen molar-refractivity contribution in [1.29, 1.82) is 0 Å². The number of thiophene rings is 1. The van der Waals surface area contributed by atoms with Crippen LogP contribution in [0.25, 0.3) is 21.7 Å². The molecular weight excluding hydrogens is 595 g/mol. The number of hydrogen-bond donors (Lipinski definition) is 1. The number of ether oxygens (including phenoxy) is 1. The van der Waals surface area contributed by atoms with Gasteiger partial charge in [0.15, 0.2) is 20.5 Å². The van der Waals surface area contributed by atoms with Crippen LogP contribution in [0, 0.1) is 0 Å². The van der Waals surface area contributed by atoms with Gasteiger partial charge in [-0.2, -0.15) is 0 Å². The van der Waals surface area contributed by atoms with Gasteiger partial charge in [-0.25, -0.2) is 14.8 Å². The first kappa shape index (κ1) is 31.9. The third-order valence-corrected chi connectivity index (χ3v) is 13.9. The smallest absolute Gasteiger partial charge is 0.410 e. The Kier molecular flexibility index (Phi) is 8.80. The predicted molar refractivity (Wildman–Crippen MR) is 175 cm³/mol. The molecule has 1 aliphatic heterocycles. The number of nitrogens with zero attached hydrogens (tertiary/aromatic N) is 4. The van der Waals surface area contributed by atoms with Gasteiger partial charge < -0.3 is 23.0 Å². The summed E-state index contributed by atoms with van der Waals surface area (Å²) in [5.41, 5.74) is 2.07. The second-order valence-corrected chi connectivity index (χ2v) is 19.8. The molecule has 0 bridgehead atoms. The SMILES string of the molecule is CC(C)(C)OC(=O)N1CCC[C@@H]1Cn1c(NC(=O)c2ccc(-c3cnco3)s2)nc2cc(CO[Si](C)(C)C(C)(C)C)ccc21. The fourth-order valence-corrected chi connectivity index (χ4v) is 6.73. The number of carbonyl (C=O) groups is 2. The number of likely N-dealkylation sites (tertiary alicyclic amines) is 1. The first-order valence-corrected chi connectivity index (χ1v) is 18.8. The van der Waals surface area contributed by atoms with E-state index in [4.69, 9.17) is 18.6 Å². The van der Waals surface area contributed by atoms with Crippen molar-refractivity contribution in [3.05, 3.63) is 53.4 Å². The number of fused-ring (bicyclic) bond motifs is 1. The quantitative estimate of drug-likeness (QED) is 0.195. The molecule has 1 aliphatic rings. The van der Waals surface area contributed by atoms with E-state index < -0.39 is 13.9 Å². The van der Waals surface area contributed by atoms with Crippen molar-refractivity contribution in [2.45, 2.75) is 97.3 Å². The van der Waals surface area contributed by atoms with Crippen LogP contribution in [0.2, 0.25) is 18.1 Å². The molecular formula is C32H43N5O5SSi. The van der Waals surface area contributed by atoms with Crippen molar-refractivity contribution in [3.63, 3.8) is 0 Å². The van der Waals surface area contributed by atoms with Crippen LogP contribution in [-0.4, -0.2) is 57.9 Å². The molecule has 1 fully saturated rings. The maximum Gasteiger partial charge on any atom is 0.410 e. The van der Waals surface area contributed by atoms with Crippen LogP contribution < -0.4 is 5.32 Å². The molecule has 4 aromatic rings. The summed E-state index contributed by atoms with van der Waals surface area (Å²) in [5, 5.41) is 3.15. The van der Waals surface area contributed by atoms with Crippen molar-refractivity contribution in [2.75, 3.05) is 11.9 Å². The highest BCUT2D eigenvalue weighted by molar-refractivity contribution is 7.17. The van der Waals surface area contributed by atoms with Gasteiger partial charge in [0.1, 0.15) is 5.60 Å². The molecule has 5 rings (SSSR count). The van der Waals surface area contributed by atoms with Crippen molar-refractivity contribution < 1.29 is 23.2 Å². The average molecular weight is 638 g/mol. The van der Waals surface area contributed by atoms with Gasteiger partial charge in [-0.1, -0.05) is 26.8 Å². The number of anilines is 1. The van der Waals surface area contributed by atoms with E-state index in [1.807, 2.05) is 43.5 Å². The first-order valence-electron chi connectivity index (χ1n) is 15.0. The minimum Gasteiger partial charge on any atom is -0.444 e. The Labute approximate surface area is 263 Å². The standard InChI is InChI=1S/C32H43N5O5SSi/c1-31(2,3)42-30(39)36-15-9-10-22(36)18-37-24-12-11-21(19-41-44(7,8)32(4,5)6)16-23(24)34-29(37)35-28(38)27-14-13-26(43-27)25-17-33-20-40-25/h11-14,16-17,20,22H,9-10,15,18-19H2,1-8H3,(H,34,35,38)/t22-/m1/s1. The highest BCUT2D eigenvalue weighted by atomic mass is 32.1. The number of amides is 2. The molecule has 4 heterocycles. The zero-order valence-electron chi connectivity index (χ0n) is 26.9. The van der Waals surface area contributed by atoms with Gasteiger partial charge in [-0.15, -0.1) is 11.3 Å². The topological polar surface area (TPSA) is 112 Å². The molecule has 0 unspecified atom stereocenters. The minimum atomic E-state index is -1.94. The molecule has 0 spiro atoms. The van der Waals surface area contributed by atoms with Gasteiger partial charge in [0, 0.05) is 13.1 Å². The molecule has 236 valence electrons. The van der Waals surface area contributed by atoms with E-state index >= 15 is 0 Å². The van der Waals surface area contributed by atoms with Crippen LogP contribution in [-0.2, 0) is 22.3 Å². The lowest BCUT2D eigenvalue weighted by atomic mass is 10.2. The lowest BCUT2D eigenvalue weighted by Gasteiger charge is -2.36. The summed E-state index contributed by atoms with van der Waals surface area (Å²) >= 11 is 1.32. The van der Waals surface area contributed by atoms with E-state index in [1.165, 1.54) is 17.7 Å². The van der Waals surface area contributed by atoms with E-state index in [9.17, 15) is 9.59 Å². The van der Waals surface area contributed by atoms with Gasteiger partial charge in [-0.3, -0.25) is 10.1 Å². The van der Waals surface area contributed by atoms with Crippen LogP contribution in [0.15, 0.2) is 47.3 Å². The average Bonchev–Trinajstić information content (AvgIpc) is 3.73. The molecule has 0 aliphatic carbocycles. The van der Waals surface area contributed by atoms with E-state index in [1.54, 1.807) is 17.2 Å². The van der Waals surface area contributed by atoms with Crippen LogP contribution in [0.5, 0.6) is 0 Å². The molecule has 0 saturated carbocycles. The Morgan fingerprint density at radius 1 is 1.14 bits per heavy atom. The Hall–Kier alpha value is -3.48. The fourth-order valence-electron chi connectivity index (χ4n) is 4.92. The number of carbonyl (C=O) groups excluding carboxylic acids is 2. The Bertz CT molecular complexity index is 1630. The molecule has 2 amide bonds. The number of hydrogen-bond acceptors (Lipinski definition) is 8. The summed E-state index contributed by atoms with van der Waals surface area (Å²) < 4.78 is 19.6. The lowest BCUT2D eigenvalue weighted by molar-refractivity contribution is 0.0215. The van der Waals surface area contributed by atoms with Crippen molar-refractivity contribution in [3.8, 4) is 10.6 Å². The van der Waals surface area contributed by atoms with E-state index in [2.05, 4.69) is 50.2 Å². The van der Waals surface area contributed by atoms with Gasteiger partial charge in [-0.05, 0) is 81.6 Å². The third kappa shape index (κ3) is 7.08. The van der Waals surface area contributed by atoms with Gasteiger partial charge in [0.05, 0.1) is 39.6 Å². The van der Waals surface area contributed by atoms with Crippen molar-refractivity contribution >= 4 is 48.6 Å². The largest absolute Gasteiger partial charge is 0.444 e. The number of oxazole rings is 1. The second-order valence-electron chi connectivity index (χ2n) is 13.9. The summed E-state index contributed by atoms with van der Waals surface area (Å²) in [6, 6.07) is 9.63. The summed E-state index contributed by atoms with van der Waals surface area (Å²) in [7, 11) is -1.94. The monoisotopic (exact) mass is 637 g/mol. The third-order valence-electron chi connectivity index (χ3n) is 8.35.